The van der Waals surface area contributed by atoms with Gasteiger partial charge in [-0.05, 0) is 45.4 Å². The van der Waals surface area contributed by atoms with Gasteiger partial charge in [0.1, 0.15) is 5.75 Å². The number of ether oxygens (including phenoxy) is 1. The van der Waals surface area contributed by atoms with Crippen LogP contribution in [0.5, 0.6) is 5.75 Å². The van der Waals surface area contributed by atoms with Gasteiger partial charge in [0.05, 0.1) is 12.7 Å². The van der Waals surface area contributed by atoms with Crippen LogP contribution in [0.3, 0.4) is 0 Å². The van der Waals surface area contributed by atoms with Crippen molar-refractivity contribution in [3.63, 3.8) is 0 Å². The molecule has 1 saturated carbocycles. The second-order valence-electron chi connectivity index (χ2n) is 5.68. The number of hydrogen-bond acceptors (Lipinski definition) is 3. The first-order valence-corrected chi connectivity index (χ1v) is 6.88. The van der Waals surface area contributed by atoms with Crippen LogP contribution in [-0.4, -0.2) is 13.7 Å². The lowest BCUT2D eigenvalue weighted by Gasteiger charge is -2.19. The lowest BCUT2D eigenvalue weighted by molar-refractivity contribution is 0.233. The van der Waals surface area contributed by atoms with Crippen molar-refractivity contribution in [2.45, 2.75) is 39.2 Å². The van der Waals surface area contributed by atoms with Crippen molar-refractivity contribution >= 4 is 0 Å². The standard InChI is InChI=1S/C16H22N2O/c1-12-4-5-14(13(2)18-3)15(10-12)19-11-16(6-7-16)8-9-17/h4-5,10,13,18H,6-8,11H2,1-3H3. The number of nitriles is 1. The van der Waals surface area contributed by atoms with Crippen LogP contribution >= 0.6 is 0 Å². The highest BCUT2D eigenvalue weighted by atomic mass is 16.5. The van der Waals surface area contributed by atoms with E-state index < -0.39 is 0 Å². The van der Waals surface area contributed by atoms with Crippen LogP contribution in [0.15, 0.2) is 18.2 Å². The summed E-state index contributed by atoms with van der Waals surface area (Å²) in [4.78, 5) is 0. The van der Waals surface area contributed by atoms with Crippen LogP contribution < -0.4 is 10.1 Å². The molecule has 3 heteroatoms. The van der Waals surface area contributed by atoms with Crippen molar-refractivity contribution < 1.29 is 4.74 Å². The fourth-order valence-corrected chi connectivity index (χ4v) is 2.23. The Bertz CT molecular complexity index is 486. The second kappa shape index (κ2) is 5.63. The van der Waals surface area contributed by atoms with Crippen molar-refractivity contribution in [1.82, 2.24) is 5.32 Å². The second-order valence-corrected chi connectivity index (χ2v) is 5.68. The van der Waals surface area contributed by atoms with E-state index in [2.05, 4.69) is 43.4 Å². The first kappa shape index (κ1) is 13.9. The minimum atomic E-state index is 0.124. The van der Waals surface area contributed by atoms with E-state index in [-0.39, 0.29) is 11.5 Å². The summed E-state index contributed by atoms with van der Waals surface area (Å²) in [6.07, 6.45) is 2.84. The molecule has 1 aromatic carbocycles. The fourth-order valence-electron chi connectivity index (χ4n) is 2.23. The molecule has 1 atom stereocenters. The molecule has 2 rings (SSSR count). The minimum absolute atomic E-state index is 0.124. The molecule has 19 heavy (non-hydrogen) atoms. The van der Waals surface area contributed by atoms with Gasteiger partial charge in [-0.3, -0.25) is 0 Å². The van der Waals surface area contributed by atoms with E-state index in [0.717, 1.165) is 18.6 Å². The van der Waals surface area contributed by atoms with Gasteiger partial charge >= 0.3 is 0 Å². The molecule has 1 aromatic rings. The molecule has 0 amide bonds. The monoisotopic (exact) mass is 258 g/mol. The molecule has 0 saturated heterocycles. The molecule has 0 aromatic heterocycles. The molecule has 0 radical (unpaired) electrons. The van der Waals surface area contributed by atoms with Crippen molar-refractivity contribution in [1.29, 1.82) is 5.26 Å². The Morgan fingerprint density at radius 1 is 1.47 bits per heavy atom. The zero-order chi connectivity index (χ0) is 13.9. The number of nitrogens with one attached hydrogen (secondary N) is 1. The highest BCUT2D eigenvalue weighted by Gasteiger charge is 2.43. The van der Waals surface area contributed by atoms with E-state index in [1.165, 1.54) is 11.1 Å². The highest BCUT2D eigenvalue weighted by molar-refractivity contribution is 5.39. The molecule has 3 nitrogen and oxygen atoms in total. The van der Waals surface area contributed by atoms with E-state index in [0.29, 0.717) is 13.0 Å². The Balaban J connectivity index is 2.11. The summed E-state index contributed by atoms with van der Waals surface area (Å²) >= 11 is 0. The van der Waals surface area contributed by atoms with Gasteiger partial charge in [-0.25, -0.2) is 0 Å². The maximum atomic E-state index is 8.85. The van der Waals surface area contributed by atoms with Crippen LogP contribution in [0, 0.1) is 23.7 Å². The molecule has 102 valence electrons. The molecule has 0 bridgehead atoms. The largest absolute Gasteiger partial charge is 0.493 e. The van der Waals surface area contributed by atoms with Gasteiger partial charge in [0.15, 0.2) is 0 Å². The molecule has 0 aliphatic heterocycles. The van der Waals surface area contributed by atoms with Gasteiger partial charge in [0, 0.05) is 23.4 Å². The zero-order valence-corrected chi connectivity index (χ0v) is 12.0. The van der Waals surface area contributed by atoms with Gasteiger partial charge < -0.3 is 10.1 Å². The minimum Gasteiger partial charge on any atom is -0.493 e. The summed E-state index contributed by atoms with van der Waals surface area (Å²) in [6, 6.07) is 8.86. The number of hydrogen-bond donors (Lipinski definition) is 1. The quantitative estimate of drug-likeness (QED) is 0.851. The van der Waals surface area contributed by atoms with Crippen LogP contribution in [0.25, 0.3) is 0 Å². The Kier molecular flexibility index (Phi) is 4.11. The Labute approximate surface area is 115 Å². The Morgan fingerprint density at radius 3 is 2.79 bits per heavy atom. The highest BCUT2D eigenvalue weighted by Crippen LogP contribution is 2.49. The maximum absolute atomic E-state index is 8.85. The lowest BCUT2D eigenvalue weighted by Crippen LogP contribution is -2.17. The SMILES string of the molecule is CNC(C)c1ccc(C)cc1OCC1(CC#N)CC1. The summed E-state index contributed by atoms with van der Waals surface area (Å²) in [5.74, 6) is 0.950. The van der Waals surface area contributed by atoms with E-state index >= 15 is 0 Å². The molecule has 0 heterocycles. The average molecular weight is 258 g/mol. The summed E-state index contributed by atoms with van der Waals surface area (Å²) in [7, 11) is 1.95. The Hall–Kier alpha value is -1.53. The van der Waals surface area contributed by atoms with E-state index in [4.69, 9.17) is 10.00 Å². The topological polar surface area (TPSA) is 45.0 Å². The fraction of sp³-hybridized carbons (Fsp3) is 0.562. The summed E-state index contributed by atoms with van der Waals surface area (Å²) in [5.41, 5.74) is 2.51. The van der Waals surface area contributed by atoms with Crippen LogP contribution in [0.2, 0.25) is 0 Å². The number of rotatable bonds is 6. The van der Waals surface area contributed by atoms with Crippen molar-refractivity contribution in [2.75, 3.05) is 13.7 Å². The molecular formula is C16H22N2O. The first-order valence-electron chi connectivity index (χ1n) is 6.88. The molecule has 0 spiro atoms. The van der Waals surface area contributed by atoms with Gasteiger partial charge in [-0.2, -0.15) is 5.26 Å². The zero-order valence-electron chi connectivity index (χ0n) is 12.0. The Morgan fingerprint density at radius 2 is 2.21 bits per heavy atom. The molecule has 1 aliphatic carbocycles. The molecule has 1 fully saturated rings. The summed E-state index contributed by atoms with van der Waals surface area (Å²) in [6.45, 7) is 4.86. The third-order valence-electron chi connectivity index (χ3n) is 4.01. The predicted molar refractivity (Wildman–Crippen MR) is 76.0 cm³/mol. The maximum Gasteiger partial charge on any atom is 0.124 e. The molecule has 1 unspecified atom stereocenters. The van der Waals surface area contributed by atoms with Crippen molar-refractivity contribution in [3.05, 3.63) is 29.3 Å². The van der Waals surface area contributed by atoms with Crippen molar-refractivity contribution in [2.24, 2.45) is 5.41 Å². The average Bonchev–Trinajstić information content (AvgIpc) is 3.16. The lowest BCUT2D eigenvalue weighted by atomic mass is 10.0. The smallest absolute Gasteiger partial charge is 0.124 e. The molecular weight excluding hydrogens is 236 g/mol. The number of benzene rings is 1. The van der Waals surface area contributed by atoms with Gasteiger partial charge in [0.25, 0.3) is 0 Å². The van der Waals surface area contributed by atoms with Crippen LogP contribution in [0.4, 0.5) is 0 Å². The van der Waals surface area contributed by atoms with E-state index in [1.54, 1.807) is 0 Å². The third kappa shape index (κ3) is 3.27. The molecule has 1 N–H and O–H groups in total. The van der Waals surface area contributed by atoms with E-state index in [9.17, 15) is 0 Å². The van der Waals surface area contributed by atoms with Gasteiger partial charge in [-0.15, -0.1) is 0 Å². The summed E-state index contributed by atoms with van der Waals surface area (Å²) in [5, 5.41) is 12.1. The molecule has 1 aliphatic rings. The normalized spacial score (nSPS) is 17.6. The van der Waals surface area contributed by atoms with Crippen LogP contribution in [-0.2, 0) is 0 Å². The summed E-state index contributed by atoms with van der Waals surface area (Å²) < 4.78 is 6.03. The van der Waals surface area contributed by atoms with Crippen LogP contribution in [0.1, 0.15) is 43.4 Å². The van der Waals surface area contributed by atoms with E-state index in [1.807, 2.05) is 7.05 Å². The number of nitrogens with zero attached hydrogens (tertiary/aromatic N) is 1. The predicted octanol–water partition coefficient (Wildman–Crippen LogP) is 3.35. The van der Waals surface area contributed by atoms with Gasteiger partial charge in [-0.1, -0.05) is 12.1 Å². The third-order valence-corrected chi connectivity index (χ3v) is 4.01. The first-order chi connectivity index (χ1) is 9.10. The van der Waals surface area contributed by atoms with Gasteiger partial charge in [0.2, 0.25) is 0 Å². The van der Waals surface area contributed by atoms with Crippen molar-refractivity contribution in [3.8, 4) is 11.8 Å². The number of aryl methyl sites for hydroxylation is 1.